The molecular weight excluding hydrogens is 371 g/mol. The third kappa shape index (κ3) is 4.44. The first-order valence-corrected chi connectivity index (χ1v) is 8.93. The first kappa shape index (κ1) is 19.7. The van der Waals surface area contributed by atoms with Crippen molar-refractivity contribution >= 4 is 23.2 Å². The second-order valence-electron chi connectivity index (χ2n) is 6.23. The SMILES string of the molecule is CCOC(=O)C(=NNc1cccc(C(F)(F)F)c1)N1CCCc2ccccc21. The number of alkyl halides is 3. The van der Waals surface area contributed by atoms with Gasteiger partial charge in [-0.1, -0.05) is 24.3 Å². The van der Waals surface area contributed by atoms with Gasteiger partial charge in [0.25, 0.3) is 0 Å². The lowest BCUT2D eigenvalue weighted by atomic mass is 10.0. The summed E-state index contributed by atoms with van der Waals surface area (Å²) in [5.74, 6) is -0.634. The highest BCUT2D eigenvalue weighted by Crippen LogP contribution is 2.31. The first-order chi connectivity index (χ1) is 13.4. The number of halogens is 3. The summed E-state index contributed by atoms with van der Waals surface area (Å²) in [7, 11) is 0. The molecule has 2 aromatic carbocycles. The smallest absolute Gasteiger partial charge is 0.416 e. The van der Waals surface area contributed by atoms with Gasteiger partial charge < -0.3 is 9.64 Å². The van der Waals surface area contributed by atoms with Gasteiger partial charge in [0.05, 0.1) is 17.9 Å². The fraction of sp³-hybridized carbons (Fsp3) is 0.300. The zero-order valence-corrected chi connectivity index (χ0v) is 15.3. The molecule has 1 aliphatic heterocycles. The van der Waals surface area contributed by atoms with E-state index in [0.717, 1.165) is 36.2 Å². The van der Waals surface area contributed by atoms with Crippen LogP contribution in [0.15, 0.2) is 53.6 Å². The minimum atomic E-state index is -4.46. The molecule has 0 atom stereocenters. The molecule has 0 bridgehead atoms. The molecule has 5 nitrogen and oxygen atoms in total. The summed E-state index contributed by atoms with van der Waals surface area (Å²) in [5.41, 5.74) is 3.81. The molecule has 8 heteroatoms. The molecule has 1 heterocycles. The van der Waals surface area contributed by atoms with Crippen molar-refractivity contribution in [3.05, 3.63) is 59.7 Å². The Balaban J connectivity index is 1.93. The minimum Gasteiger partial charge on any atom is -0.460 e. The summed E-state index contributed by atoms with van der Waals surface area (Å²) in [6, 6.07) is 12.3. The van der Waals surface area contributed by atoms with Crippen LogP contribution >= 0.6 is 0 Å². The van der Waals surface area contributed by atoms with E-state index in [1.54, 1.807) is 11.8 Å². The van der Waals surface area contributed by atoms with Gasteiger partial charge in [-0.3, -0.25) is 5.43 Å². The molecule has 0 amide bonds. The monoisotopic (exact) mass is 391 g/mol. The summed E-state index contributed by atoms with van der Waals surface area (Å²) in [6.45, 7) is 2.40. The van der Waals surface area contributed by atoms with Gasteiger partial charge in [0.1, 0.15) is 0 Å². The van der Waals surface area contributed by atoms with Gasteiger partial charge in [-0.15, -0.1) is 5.10 Å². The first-order valence-electron chi connectivity index (χ1n) is 8.93. The zero-order chi connectivity index (χ0) is 20.1. The van der Waals surface area contributed by atoms with Crippen molar-refractivity contribution in [3.63, 3.8) is 0 Å². The molecule has 148 valence electrons. The number of esters is 1. The summed E-state index contributed by atoms with van der Waals surface area (Å²) >= 11 is 0. The summed E-state index contributed by atoms with van der Waals surface area (Å²) in [5, 5.41) is 4.11. The van der Waals surface area contributed by atoms with Crippen molar-refractivity contribution in [1.29, 1.82) is 0 Å². The number of hydrogen-bond acceptors (Lipinski definition) is 4. The van der Waals surface area contributed by atoms with Gasteiger partial charge >= 0.3 is 12.1 Å². The molecule has 0 aliphatic carbocycles. The number of para-hydroxylation sites is 1. The lowest BCUT2D eigenvalue weighted by Crippen LogP contribution is -2.41. The molecule has 0 saturated heterocycles. The standard InChI is InChI=1S/C20H20F3N3O2/c1-2-28-19(27)18(26-12-6-8-14-7-3-4-11-17(14)26)25-24-16-10-5-9-15(13-16)20(21,22)23/h3-5,7,9-11,13,24H,2,6,8,12H2,1H3. The van der Waals surface area contributed by atoms with Crippen LogP contribution in [0.2, 0.25) is 0 Å². The van der Waals surface area contributed by atoms with E-state index in [-0.39, 0.29) is 18.1 Å². The van der Waals surface area contributed by atoms with Crippen molar-refractivity contribution < 1.29 is 22.7 Å². The van der Waals surface area contributed by atoms with Crippen LogP contribution in [0.25, 0.3) is 0 Å². The Morgan fingerprint density at radius 2 is 2.00 bits per heavy atom. The number of benzene rings is 2. The third-order valence-electron chi connectivity index (χ3n) is 4.30. The fourth-order valence-corrected chi connectivity index (χ4v) is 3.05. The number of amidine groups is 1. The van der Waals surface area contributed by atoms with E-state index in [4.69, 9.17) is 4.74 Å². The lowest BCUT2D eigenvalue weighted by Gasteiger charge is -2.30. The van der Waals surface area contributed by atoms with Crippen LogP contribution in [-0.2, 0) is 22.1 Å². The molecule has 1 N–H and O–H groups in total. The Hall–Kier alpha value is -3.03. The zero-order valence-electron chi connectivity index (χ0n) is 15.3. The third-order valence-corrected chi connectivity index (χ3v) is 4.30. The Kier molecular flexibility index (Phi) is 5.87. The number of carbonyl (C=O) groups is 1. The molecule has 0 unspecified atom stereocenters. The minimum absolute atomic E-state index is 0.00594. The topological polar surface area (TPSA) is 53.9 Å². The number of nitrogens with one attached hydrogen (secondary N) is 1. The van der Waals surface area contributed by atoms with Crippen LogP contribution in [0.1, 0.15) is 24.5 Å². The Bertz CT molecular complexity index is 881. The molecule has 3 rings (SSSR count). The number of fused-ring (bicyclic) bond motifs is 1. The molecule has 0 aromatic heterocycles. The number of rotatable bonds is 3. The molecule has 0 fully saturated rings. The quantitative estimate of drug-likeness (QED) is 0.364. The average Bonchev–Trinajstić information content (AvgIpc) is 2.68. The predicted octanol–water partition coefficient (Wildman–Crippen LogP) is 4.45. The van der Waals surface area contributed by atoms with Crippen molar-refractivity contribution in [2.45, 2.75) is 25.9 Å². The van der Waals surface area contributed by atoms with Crippen molar-refractivity contribution in [2.24, 2.45) is 5.10 Å². The fourth-order valence-electron chi connectivity index (χ4n) is 3.05. The number of anilines is 2. The van der Waals surface area contributed by atoms with E-state index in [1.807, 2.05) is 24.3 Å². The Morgan fingerprint density at radius 3 is 2.75 bits per heavy atom. The van der Waals surface area contributed by atoms with Gasteiger partial charge in [-0.05, 0) is 49.6 Å². The molecule has 0 spiro atoms. The van der Waals surface area contributed by atoms with E-state index in [0.29, 0.717) is 6.54 Å². The highest BCUT2D eigenvalue weighted by atomic mass is 19.4. The number of carbonyl (C=O) groups excluding carboxylic acids is 1. The number of ether oxygens (including phenoxy) is 1. The number of hydrazone groups is 1. The van der Waals surface area contributed by atoms with E-state index in [9.17, 15) is 18.0 Å². The average molecular weight is 391 g/mol. The van der Waals surface area contributed by atoms with Crippen LogP contribution < -0.4 is 10.3 Å². The van der Waals surface area contributed by atoms with Crippen LogP contribution in [0.4, 0.5) is 24.5 Å². The Labute approximate surface area is 160 Å². The van der Waals surface area contributed by atoms with Crippen LogP contribution in [-0.4, -0.2) is 25.0 Å². The Morgan fingerprint density at radius 1 is 1.21 bits per heavy atom. The highest BCUT2D eigenvalue weighted by Gasteiger charge is 2.30. The number of aryl methyl sites for hydroxylation is 1. The van der Waals surface area contributed by atoms with Crippen LogP contribution in [0, 0.1) is 0 Å². The van der Waals surface area contributed by atoms with Gasteiger partial charge in [0, 0.05) is 12.2 Å². The van der Waals surface area contributed by atoms with E-state index in [1.165, 1.54) is 12.1 Å². The second kappa shape index (κ2) is 8.33. The lowest BCUT2D eigenvalue weighted by molar-refractivity contribution is -0.137. The normalized spacial score (nSPS) is 14.4. The van der Waals surface area contributed by atoms with Gasteiger partial charge in [-0.25, -0.2) is 4.79 Å². The van der Waals surface area contributed by atoms with Gasteiger partial charge in [0.2, 0.25) is 5.84 Å². The number of nitrogens with zero attached hydrogens (tertiary/aromatic N) is 2. The van der Waals surface area contributed by atoms with E-state index in [2.05, 4.69) is 10.5 Å². The van der Waals surface area contributed by atoms with Crippen molar-refractivity contribution in [3.8, 4) is 0 Å². The largest absolute Gasteiger partial charge is 0.460 e. The maximum atomic E-state index is 12.9. The van der Waals surface area contributed by atoms with Gasteiger partial charge in [-0.2, -0.15) is 13.2 Å². The predicted molar refractivity (Wildman–Crippen MR) is 101 cm³/mol. The molecule has 0 saturated carbocycles. The maximum Gasteiger partial charge on any atom is 0.416 e. The molecule has 2 aromatic rings. The van der Waals surface area contributed by atoms with E-state index >= 15 is 0 Å². The maximum absolute atomic E-state index is 12.9. The summed E-state index contributed by atoms with van der Waals surface area (Å²) in [4.78, 5) is 14.2. The highest BCUT2D eigenvalue weighted by molar-refractivity contribution is 6.41. The molecular formula is C20H20F3N3O2. The van der Waals surface area contributed by atoms with Crippen molar-refractivity contribution in [2.75, 3.05) is 23.5 Å². The van der Waals surface area contributed by atoms with E-state index < -0.39 is 17.7 Å². The van der Waals surface area contributed by atoms with Crippen LogP contribution in [0.5, 0.6) is 0 Å². The molecule has 0 radical (unpaired) electrons. The molecule has 28 heavy (non-hydrogen) atoms. The van der Waals surface area contributed by atoms with Gasteiger partial charge in [0.15, 0.2) is 0 Å². The van der Waals surface area contributed by atoms with Crippen molar-refractivity contribution in [1.82, 2.24) is 0 Å². The van der Waals surface area contributed by atoms with Crippen LogP contribution in [0.3, 0.4) is 0 Å². The summed E-state index contributed by atoms with van der Waals surface area (Å²) in [6.07, 6.45) is -2.76. The molecule has 1 aliphatic rings. The second-order valence-corrected chi connectivity index (χ2v) is 6.23. The number of hydrogen-bond donors (Lipinski definition) is 1. The summed E-state index contributed by atoms with van der Waals surface area (Å²) < 4.78 is 43.8.